The van der Waals surface area contributed by atoms with Gasteiger partial charge in [0.25, 0.3) is 0 Å². The van der Waals surface area contributed by atoms with Crippen molar-refractivity contribution in [1.29, 1.82) is 0 Å². The summed E-state index contributed by atoms with van der Waals surface area (Å²) < 4.78 is 0. The minimum absolute atomic E-state index is 0.121. The maximum absolute atomic E-state index is 11.3. The Balaban J connectivity index is 2.02. The van der Waals surface area contributed by atoms with Crippen molar-refractivity contribution < 1.29 is 4.79 Å². The molecule has 2 heterocycles. The number of carbonyl (C=O) groups excluding carboxylic acids is 1. The molecule has 1 aromatic heterocycles. The molecule has 1 aromatic rings. The van der Waals surface area contributed by atoms with E-state index in [1.54, 1.807) is 13.1 Å². The third-order valence-corrected chi connectivity index (χ3v) is 2.83. The van der Waals surface area contributed by atoms with Crippen molar-refractivity contribution in [3.05, 3.63) is 18.6 Å². The minimum Gasteiger partial charge on any atom is -0.300 e. The van der Waals surface area contributed by atoms with Gasteiger partial charge >= 0.3 is 0 Å². The molecule has 0 aromatic carbocycles. The third-order valence-electron chi connectivity index (χ3n) is 2.83. The predicted octanol–water partition coefficient (Wildman–Crippen LogP) is 0.587. The molecule has 0 aliphatic carbocycles. The second-order valence-electron chi connectivity index (χ2n) is 3.98. The van der Waals surface area contributed by atoms with Gasteiger partial charge < -0.3 is 0 Å². The Morgan fingerprint density at radius 3 is 3.25 bits per heavy atom. The Hall–Kier alpha value is -1.49. The highest BCUT2D eigenvalue weighted by Gasteiger charge is 2.20. The lowest BCUT2D eigenvalue weighted by Gasteiger charge is -2.21. The Kier molecular flexibility index (Phi) is 3.46. The molecule has 1 unspecified atom stereocenters. The van der Waals surface area contributed by atoms with E-state index in [9.17, 15) is 4.79 Å². The van der Waals surface area contributed by atoms with Crippen LogP contribution in [0.3, 0.4) is 0 Å². The van der Waals surface area contributed by atoms with E-state index in [-0.39, 0.29) is 11.7 Å². The Morgan fingerprint density at radius 1 is 1.69 bits per heavy atom. The lowest BCUT2D eigenvalue weighted by atomic mass is 10.0. The van der Waals surface area contributed by atoms with Gasteiger partial charge in [-0.3, -0.25) is 9.80 Å². The molecule has 1 aliphatic heterocycles. The lowest BCUT2D eigenvalue weighted by Crippen LogP contribution is -2.40. The average molecular weight is 219 g/mol. The fourth-order valence-corrected chi connectivity index (χ4v) is 1.84. The first-order valence-corrected chi connectivity index (χ1v) is 5.48. The number of nitrogens with zero attached hydrogens (tertiary/aromatic N) is 3. The first kappa shape index (κ1) is 11.0. The van der Waals surface area contributed by atoms with Crippen molar-refractivity contribution in [3.8, 4) is 0 Å². The number of aromatic nitrogens is 2. The van der Waals surface area contributed by atoms with Gasteiger partial charge in [-0.2, -0.15) is 0 Å². The molecule has 0 spiro atoms. The number of hydrogen-bond donors (Lipinski definition) is 1. The van der Waals surface area contributed by atoms with Crippen LogP contribution in [-0.2, 0) is 4.79 Å². The Labute approximate surface area is 94.9 Å². The number of hydrazine groups is 1. The summed E-state index contributed by atoms with van der Waals surface area (Å²) >= 11 is 0. The van der Waals surface area contributed by atoms with Crippen LogP contribution >= 0.6 is 0 Å². The van der Waals surface area contributed by atoms with Gasteiger partial charge in [0.15, 0.2) is 6.33 Å². The SMILES string of the molecule is CC(=O)C1CCCN(c2ccn[c]n2)NC1. The minimum atomic E-state index is 0.121. The van der Waals surface area contributed by atoms with Gasteiger partial charge in [0, 0.05) is 31.3 Å². The van der Waals surface area contributed by atoms with Gasteiger partial charge in [0.05, 0.1) is 0 Å². The van der Waals surface area contributed by atoms with E-state index in [4.69, 9.17) is 0 Å². The molecule has 1 aliphatic rings. The number of ketones is 1. The molecule has 1 radical (unpaired) electrons. The average Bonchev–Trinajstić information content (AvgIpc) is 2.55. The van der Waals surface area contributed by atoms with E-state index in [0.717, 1.165) is 25.2 Å². The maximum atomic E-state index is 11.3. The van der Waals surface area contributed by atoms with Gasteiger partial charge in [-0.05, 0) is 19.8 Å². The molecule has 1 saturated heterocycles. The van der Waals surface area contributed by atoms with Gasteiger partial charge in [0.1, 0.15) is 11.6 Å². The Bertz CT molecular complexity index is 354. The molecular formula is C11H15N4O. The smallest absolute Gasteiger partial charge is 0.199 e. The summed E-state index contributed by atoms with van der Waals surface area (Å²) in [4.78, 5) is 19.1. The van der Waals surface area contributed by atoms with Crippen LogP contribution < -0.4 is 10.4 Å². The van der Waals surface area contributed by atoms with Crippen molar-refractivity contribution in [3.63, 3.8) is 0 Å². The fourth-order valence-electron chi connectivity index (χ4n) is 1.84. The monoisotopic (exact) mass is 219 g/mol. The maximum Gasteiger partial charge on any atom is 0.199 e. The third kappa shape index (κ3) is 2.55. The molecule has 2 rings (SSSR count). The molecule has 0 amide bonds. The summed E-state index contributed by atoms with van der Waals surface area (Å²) in [7, 11) is 0. The highest BCUT2D eigenvalue weighted by molar-refractivity contribution is 5.78. The second-order valence-corrected chi connectivity index (χ2v) is 3.98. The van der Waals surface area contributed by atoms with Crippen LogP contribution in [0.25, 0.3) is 0 Å². The standard InChI is InChI=1S/C11H15N4O/c1-9(16)10-3-2-6-15(14-7-10)11-4-5-12-8-13-11/h4-5,10,14H,2-3,6-7H2,1H3. The van der Waals surface area contributed by atoms with E-state index in [1.165, 1.54) is 0 Å². The Morgan fingerprint density at radius 2 is 2.56 bits per heavy atom. The summed E-state index contributed by atoms with van der Waals surface area (Å²) in [5, 5.41) is 1.96. The number of nitrogens with one attached hydrogen (secondary N) is 1. The zero-order valence-corrected chi connectivity index (χ0v) is 9.31. The summed E-state index contributed by atoms with van der Waals surface area (Å²) in [6, 6.07) is 1.83. The van der Waals surface area contributed by atoms with Gasteiger partial charge in [0.2, 0.25) is 0 Å². The number of rotatable bonds is 2. The molecule has 1 N–H and O–H groups in total. The van der Waals surface area contributed by atoms with Crippen LogP contribution in [0.15, 0.2) is 12.3 Å². The van der Waals surface area contributed by atoms with Crippen LogP contribution in [-0.4, -0.2) is 28.8 Å². The molecular weight excluding hydrogens is 204 g/mol. The van der Waals surface area contributed by atoms with Crippen molar-refractivity contribution in [2.24, 2.45) is 5.92 Å². The first-order chi connectivity index (χ1) is 7.77. The number of carbonyl (C=O) groups is 1. The van der Waals surface area contributed by atoms with Crippen molar-refractivity contribution in [1.82, 2.24) is 15.4 Å². The highest BCUT2D eigenvalue weighted by atomic mass is 16.1. The van der Waals surface area contributed by atoms with Crippen molar-refractivity contribution in [2.75, 3.05) is 18.1 Å². The number of hydrogen-bond acceptors (Lipinski definition) is 5. The fraction of sp³-hybridized carbons (Fsp3) is 0.545. The van der Waals surface area contributed by atoms with Crippen LogP contribution in [0.1, 0.15) is 19.8 Å². The molecule has 5 heteroatoms. The molecule has 1 atom stereocenters. The molecule has 16 heavy (non-hydrogen) atoms. The van der Waals surface area contributed by atoms with Gasteiger partial charge in [-0.1, -0.05) is 0 Å². The lowest BCUT2D eigenvalue weighted by molar-refractivity contribution is -0.120. The quantitative estimate of drug-likeness (QED) is 0.788. The van der Waals surface area contributed by atoms with Gasteiger partial charge in [-0.25, -0.2) is 15.4 Å². The molecule has 5 nitrogen and oxygen atoms in total. The summed E-state index contributed by atoms with van der Waals surface area (Å²) in [5.74, 6) is 1.18. The summed E-state index contributed by atoms with van der Waals surface area (Å²) in [6.07, 6.45) is 6.15. The van der Waals surface area contributed by atoms with Crippen LogP contribution in [0.2, 0.25) is 0 Å². The number of anilines is 1. The summed E-state index contributed by atoms with van der Waals surface area (Å²) in [5.41, 5.74) is 3.23. The van der Waals surface area contributed by atoms with Gasteiger partial charge in [-0.15, -0.1) is 0 Å². The van der Waals surface area contributed by atoms with Crippen LogP contribution in [0, 0.1) is 12.2 Å². The number of Topliss-reactive ketones (excluding diaryl/α,β-unsaturated/α-hetero) is 1. The van der Waals surface area contributed by atoms with Crippen molar-refractivity contribution in [2.45, 2.75) is 19.8 Å². The second kappa shape index (κ2) is 5.03. The normalized spacial score (nSPS) is 21.6. The topological polar surface area (TPSA) is 58.1 Å². The van der Waals surface area contributed by atoms with E-state index >= 15 is 0 Å². The van der Waals surface area contributed by atoms with E-state index in [2.05, 4.69) is 21.7 Å². The molecule has 0 bridgehead atoms. The van der Waals surface area contributed by atoms with Crippen molar-refractivity contribution >= 4 is 11.6 Å². The summed E-state index contributed by atoms with van der Waals surface area (Å²) in [6.45, 7) is 3.19. The first-order valence-electron chi connectivity index (χ1n) is 5.48. The molecule has 0 saturated carbocycles. The zero-order valence-electron chi connectivity index (χ0n) is 9.31. The van der Waals surface area contributed by atoms with E-state index < -0.39 is 0 Å². The zero-order chi connectivity index (χ0) is 11.4. The highest BCUT2D eigenvalue weighted by Crippen LogP contribution is 2.15. The van der Waals surface area contributed by atoms with E-state index in [1.807, 2.05) is 11.1 Å². The largest absolute Gasteiger partial charge is 0.300 e. The molecule has 85 valence electrons. The van der Waals surface area contributed by atoms with Crippen LogP contribution in [0.4, 0.5) is 5.82 Å². The predicted molar refractivity (Wildman–Crippen MR) is 59.6 cm³/mol. The van der Waals surface area contributed by atoms with E-state index in [0.29, 0.717) is 6.54 Å². The molecule has 1 fully saturated rings. The van der Waals surface area contributed by atoms with Crippen LogP contribution in [0.5, 0.6) is 0 Å².